The fourth-order valence-electron chi connectivity index (χ4n) is 1.54. The number of halogens is 1. The third-order valence-electron chi connectivity index (χ3n) is 2.46. The largest absolute Gasteiger partial charge is 0.326 e. The van der Waals surface area contributed by atoms with Crippen LogP contribution >= 0.6 is 0 Å². The summed E-state index contributed by atoms with van der Waals surface area (Å²) in [5.74, 6) is -0.422. The zero-order valence-corrected chi connectivity index (χ0v) is 9.77. The van der Waals surface area contributed by atoms with E-state index in [4.69, 9.17) is 0 Å². The topological polar surface area (TPSA) is 42.0 Å². The van der Waals surface area contributed by atoms with Crippen molar-refractivity contribution in [2.45, 2.75) is 12.8 Å². The van der Waals surface area contributed by atoms with Gasteiger partial charge in [0.25, 0.3) is 0 Å². The molecule has 0 aliphatic heterocycles. The molecule has 0 spiro atoms. The summed E-state index contributed by atoms with van der Waals surface area (Å²) in [7, 11) is 0. The number of carbonyl (C=O) groups excluding carboxylic acids is 1. The van der Waals surface area contributed by atoms with E-state index in [-0.39, 0.29) is 11.7 Å². The van der Waals surface area contributed by atoms with Gasteiger partial charge in [-0.05, 0) is 42.8 Å². The lowest BCUT2D eigenvalue weighted by Gasteiger charge is -2.04. The van der Waals surface area contributed by atoms with Crippen molar-refractivity contribution in [1.82, 2.24) is 4.98 Å². The molecular weight excluding hydrogens is 231 g/mol. The maximum atomic E-state index is 12.7. The van der Waals surface area contributed by atoms with Crippen molar-refractivity contribution in [1.29, 1.82) is 0 Å². The van der Waals surface area contributed by atoms with Gasteiger partial charge in [-0.2, -0.15) is 0 Å². The average Bonchev–Trinajstić information content (AvgIpc) is 2.40. The van der Waals surface area contributed by atoms with Gasteiger partial charge in [-0.25, -0.2) is 4.39 Å². The van der Waals surface area contributed by atoms with Gasteiger partial charge in [-0.3, -0.25) is 9.78 Å². The van der Waals surface area contributed by atoms with E-state index in [1.165, 1.54) is 24.3 Å². The first-order valence-corrected chi connectivity index (χ1v) is 5.69. The lowest BCUT2D eigenvalue weighted by molar-refractivity contribution is -0.116. The van der Waals surface area contributed by atoms with E-state index >= 15 is 0 Å². The SMILES string of the molecule is O=C(CCc1ccccn1)Nc1ccc(F)cc1. The minimum atomic E-state index is -0.318. The summed E-state index contributed by atoms with van der Waals surface area (Å²) in [5, 5.41) is 2.71. The number of aromatic nitrogens is 1. The first kappa shape index (κ1) is 12.2. The fourth-order valence-corrected chi connectivity index (χ4v) is 1.54. The van der Waals surface area contributed by atoms with Gasteiger partial charge in [0.2, 0.25) is 5.91 Å². The molecular formula is C14H13FN2O. The van der Waals surface area contributed by atoms with Crippen LogP contribution in [-0.2, 0) is 11.2 Å². The molecule has 1 N–H and O–H groups in total. The van der Waals surface area contributed by atoms with Crippen molar-refractivity contribution in [3.05, 3.63) is 60.2 Å². The second-order valence-corrected chi connectivity index (χ2v) is 3.88. The van der Waals surface area contributed by atoms with Gasteiger partial charge in [0, 0.05) is 24.0 Å². The Kier molecular flexibility index (Phi) is 4.02. The first-order chi connectivity index (χ1) is 8.74. The summed E-state index contributed by atoms with van der Waals surface area (Å²) in [6, 6.07) is 11.3. The Morgan fingerprint density at radius 3 is 2.61 bits per heavy atom. The van der Waals surface area contributed by atoms with E-state index in [0.717, 1.165) is 5.69 Å². The van der Waals surface area contributed by atoms with Gasteiger partial charge in [0.05, 0.1) is 0 Å². The Labute approximate surface area is 105 Å². The average molecular weight is 244 g/mol. The monoisotopic (exact) mass is 244 g/mol. The molecule has 92 valence electrons. The molecule has 3 nitrogen and oxygen atoms in total. The van der Waals surface area contributed by atoms with Crippen LogP contribution in [0.2, 0.25) is 0 Å². The smallest absolute Gasteiger partial charge is 0.224 e. The number of benzene rings is 1. The molecule has 1 heterocycles. The summed E-state index contributed by atoms with van der Waals surface area (Å²) < 4.78 is 12.7. The molecule has 1 aromatic carbocycles. The third kappa shape index (κ3) is 3.66. The van der Waals surface area contributed by atoms with Gasteiger partial charge in [-0.15, -0.1) is 0 Å². The molecule has 0 aliphatic rings. The van der Waals surface area contributed by atoms with Crippen molar-refractivity contribution >= 4 is 11.6 Å². The standard InChI is InChI=1S/C14H13FN2O/c15-11-4-6-13(7-5-11)17-14(18)9-8-12-3-1-2-10-16-12/h1-7,10H,8-9H2,(H,17,18). The van der Waals surface area contributed by atoms with Crippen molar-refractivity contribution in [3.63, 3.8) is 0 Å². The molecule has 4 heteroatoms. The van der Waals surface area contributed by atoms with Crippen LogP contribution in [0.3, 0.4) is 0 Å². The summed E-state index contributed by atoms with van der Waals surface area (Å²) in [6.45, 7) is 0. The molecule has 0 fully saturated rings. The molecule has 0 atom stereocenters. The third-order valence-corrected chi connectivity index (χ3v) is 2.46. The molecule has 0 bridgehead atoms. The number of rotatable bonds is 4. The van der Waals surface area contributed by atoms with E-state index in [0.29, 0.717) is 18.5 Å². The number of amides is 1. The highest BCUT2D eigenvalue weighted by atomic mass is 19.1. The second kappa shape index (κ2) is 5.91. The quantitative estimate of drug-likeness (QED) is 0.898. The second-order valence-electron chi connectivity index (χ2n) is 3.88. The molecule has 0 saturated heterocycles. The predicted octanol–water partition coefficient (Wildman–Crippen LogP) is 2.79. The molecule has 0 saturated carbocycles. The Morgan fingerprint density at radius 1 is 1.17 bits per heavy atom. The maximum Gasteiger partial charge on any atom is 0.224 e. The lowest BCUT2D eigenvalue weighted by atomic mass is 10.2. The number of aryl methyl sites for hydroxylation is 1. The predicted molar refractivity (Wildman–Crippen MR) is 67.6 cm³/mol. The number of anilines is 1. The highest BCUT2D eigenvalue weighted by Crippen LogP contribution is 2.09. The Morgan fingerprint density at radius 2 is 1.94 bits per heavy atom. The van der Waals surface area contributed by atoms with E-state index in [1.807, 2.05) is 18.2 Å². The van der Waals surface area contributed by atoms with Crippen LogP contribution in [0.15, 0.2) is 48.7 Å². The molecule has 2 rings (SSSR count). The number of hydrogen-bond donors (Lipinski definition) is 1. The van der Waals surface area contributed by atoms with E-state index in [9.17, 15) is 9.18 Å². The van der Waals surface area contributed by atoms with Crippen molar-refractivity contribution < 1.29 is 9.18 Å². The first-order valence-electron chi connectivity index (χ1n) is 5.69. The number of pyridine rings is 1. The zero-order chi connectivity index (χ0) is 12.8. The van der Waals surface area contributed by atoms with Crippen LogP contribution in [0.5, 0.6) is 0 Å². The molecule has 0 radical (unpaired) electrons. The zero-order valence-electron chi connectivity index (χ0n) is 9.77. The van der Waals surface area contributed by atoms with Crippen LogP contribution in [-0.4, -0.2) is 10.9 Å². The Bertz CT molecular complexity index is 511. The lowest BCUT2D eigenvalue weighted by Crippen LogP contribution is -2.12. The van der Waals surface area contributed by atoms with Crippen molar-refractivity contribution in [2.75, 3.05) is 5.32 Å². The molecule has 1 aromatic heterocycles. The summed E-state index contributed by atoms with van der Waals surface area (Å²) in [4.78, 5) is 15.8. The highest BCUT2D eigenvalue weighted by molar-refractivity contribution is 5.90. The van der Waals surface area contributed by atoms with Gasteiger partial charge >= 0.3 is 0 Å². The summed E-state index contributed by atoms with van der Waals surface area (Å²) in [6.07, 6.45) is 2.65. The van der Waals surface area contributed by atoms with E-state index in [1.54, 1.807) is 6.20 Å². The number of nitrogens with zero attached hydrogens (tertiary/aromatic N) is 1. The van der Waals surface area contributed by atoms with Crippen molar-refractivity contribution in [2.24, 2.45) is 0 Å². The van der Waals surface area contributed by atoms with Crippen LogP contribution in [0.1, 0.15) is 12.1 Å². The van der Waals surface area contributed by atoms with Gasteiger partial charge in [0.15, 0.2) is 0 Å². The van der Waals surface area contributed by atoms with Gasteiger partial charge in [-0.1, -0.05) is 6.07 Å². The molecule has 18 heavy (non-hydrogen) atoms. The fraction of sp³-hybridized carbons (Fsp3) is 0.143. The molecule has 0 unspecified atom stereocenters. The molecule has 0 aliphatic carbocycles. The van der Waals surface area contributed by atoms with Crippen LogP contribution in [0.4, 0.5) is 10.1 Å². The number of nitrogens with one attached hydrogen (secondary N) is 1. The normalized spacial score (nSPS) is 10.1. The summed E-state index contributed by atoms with van der Waals surface area (Å²) in [5.41, 5.74) is 1.48. The van der Waals surface area contributed by atoms with Gasteiger partial charge in [0.1, 0.15) is 5.82 Å². The number of carbonyl (C=O) groups is 1. The van der Waals surface area contributed by atoms with E-state index < -0.39 is 0 Å². The van der Waals surface area contributed by atoms with Gasteiger partial charge < -0.3 is 5.32 Å². The minimum absolute atomic E-state index is 0.104. The van der Waals surface area contributed by atoms with Crippen molar-refractivity contribution in [3.8, 4) is 0 Å². The highest BCUT2D eigenvalue weighted by Gasteiger charge is 2.03. The Hall–Kier alpha value is -2.23. The number of hydrogen-bond acceptors (Lipinski definition) is 2. The van der Waals surface area contributed by atoms with Crippen LogP contribution in [0.25, 0.3) is 0 Å². The van der Waals surface area contributed by atoms with Crippen LogP contribution in [0, 0.1) is 5.82 Å². The van der Waals surface area contributed by atoms with E-state index in [2.05, 4.69) is 10.3 Å². The molecule has 2 aromatic rings. The molecule has 1 amide bonds. The maximum absolute atomic E-state index is 12.7. The minimum Gasteiger partial charge on any atom is -0.326 e. The van der Waals surface area contributed by atoms with Crippen LogP contribution < -0.4 is 5.32 Å². The summed E-state index contributed by atoms with van der Waals surface area (Å²) >= 11 is 0. The Balaban J connectivity index is 1.84.